The normalized spacial score (nSPS) is 14.7. The lowest BCUT2D eigenvalue weighted by molar-refractivity contribution is -0.134. The van der Waals surface area contributed by atoms with Crippen molar-refractivity contribution in [2.24, 2.45) is 23.6 Å². The van der Waals surface area contributed by atoms with Gasteiger partial charge >= 0.3 is 6.09 Å². The first kappa shape index (κ1) is 27.6. The SMILES string of the molecule is CC(C)C(NC(=O)OC(C)(C)C)C(=O)NC(C(=O)NC(C(=O)NN)C(C)C)C(C)C. The average Bonchev–Trinajstić information content (AvgIpc) is 2.58. The van der Waals surface area contributed by atoms with E-state index in [0.29, 0.717) is 0 Å². The van der Waals surface area contributed by atoms with Gasteiger partial charge in [0.15, 0.2) is 0 Å². The molecule has 0 aliphatic heterocycles. The molecule has 10 nitrogen and oxygen atoms in total. The lowest BCUT2D eigenvalue weighted by Gasteiger charge is -2.29. The predicted octanol–water partition coefficient (Wildman–Crippen LogP) is 0.807. The van der Waals surface area contributed by atoms with Gasteiger partial charge in [0.05, 0.1) is 0 Å². The number of nitrogens with two attached hydrogens (primary N) is 1. The van der Waals surface area contributed by atoms with Crippen molar-refractivity contribution in [1.82, 2.24) is 21.4 Å². The number of hydrogen-bond acceptors (Lipinski definition) is 6. The third kappa shape index (κ3) is 9.43. The van der Waals surface area contributed by atoms with E-state index in [9.17, 15) is 19.2 Å². The number of amides is 4. The van der Waals surface area contributed by atoms with E-state index in [1.165, 1.54) is 0 Å². The van der Waals surface area contributed by atoms with Crippen LogP contribution in [-0.2, 0) is 19.1 Å². The van der Waals surface area contributed by atoms with Gasteiger partial charge in [-0.05, 0) is 38.5 Å². The van der Waals surface area contributed by atoms with Crippen LogP contribution in [0.15, 0.2) is 0 Å². The van der Waals surface area contributed by atoms with Gasteiger partial charge in [0.25, 0.3) is 5.91 Å². The standard InChI is InChI=1S/C20H39N5O5/c1-10(2)13(16(26)23-15(12(5)6)18(28)25-21)22-17(27)14(11(3)4)24-19(29)30-20(7,8)9/h10-15H,21H2,1-9H3,(H,22,27)(H,23,26)(H,24,29)(H,25,28). The molecular formula is C20H39N5O5. The van der Waals surface area contributed by atoms with Crippen molar-refractivity contribution >= 4 is 23.8 Å². The molecule has 30 heavy (non-hydrogen) atoms. The van der Waals surface area contributed by atoms with Gasteiger partial charge in [-0.3, -0.25) is 19.8 Å². The van der Waals surface area contributed by atoms with E-state index in [1.54, 1.807) is 62.3 Å². The van der Waals surface area contributed by atoms with Crippen LogP contribution < -0.4 is 27.2 Å². The second-order valence-electron chi connectivity index (χ2n) is 9.34. The van der Waals surface area contributed by atoms with Gasteiger partial charge in [0, 0.05) is 0 Å². The van der Waals surface area contributed by atoms with Crippen molar-refractivity contribution in [3.8, 4) is 0 Å². The van der Waals surface area contributed by atoms with Gasteiger partial charge in [-0.15, -0.1) is 0 Å². The van der Waals surface area contributed by atoms with Crippen LogP contribution in [0.1, 0.15) is 62.3 Å². The molecule has 0 aromatic heterocycles. The number of alkyl carbamates (subject to hydrolysis) is 1. The highest BCUT2D eigenvalue weighted by molar-refractivity contribution is 5.94. The maximum Gasteiger partial charge on any atom is 0.408 e. The number of hydrazine groups is 1. The van der Waals surface area contributed by atoms with Crippen molar-refractivity contribution in [2.75, 3.05) is 0 Å². The average molecular weight is 430 g/mol. The van der Waals surface area contributed by atoms with Crippen LogP contribution in [0.25, 0.3) is 0 Å². The van der Waals surface area contributed by atoms with Crippen molar-refractivity contribution in [1.29, 1.82) is 0 Å². The maximum absolute atomic E-state index is 12.9. The Hall–Kier alpha value is -2.36. The summed E-state index contributed by atoms with van der Waals surface area (Å²) in [5.74, 6) is 2.91. The number of ether oxygens (including phenoxy) is 1. The molecule has 0 aromatic rings. The Kier molecular flexibility index (Phi) is 10.8. The fraction of sp³-hybridized carbons (Fsp3) is 0.800. The van der Waals surface area contributed by atoms with Crippen LogP contribution in [0.5, 0.6) is 0 Å². The number of nitrogens with one attached hydrogen (secondary N) is 4. The molecule has 0 radical (unpaired) electrons. The van der Waals surface area contributed by atoms with Gasteiger partial charge in [0.1, 0.15) is 23.7 Å². The predicted molar refractivity (Wildman–Crippen MR) is 114 cm³/mol. The van der Waals surface area contributed by atoms with Crippen LogP contribution in [0.3, 0.4) is 0 Å². The molecule has 0 fully saturated rings. The Morgan fingerprint density at radius 2 is 1.00 bits per heavy atom. The summed E-state index contributed by atoms with van der Waals surface area (Å²) in [5.41, 5.74) is 1.32. The Balaban J connectivity index is 5.37. The first-order chi connectivity index (χ1) is 13.6. The quantitative estimate of drug-likeness (QED) is 0.208. The number of carbonyl (C=O) groups is 4. The topological polar surface area (TPSA) is 152 Å². The zero-order chi connectivity index (χ0) is 23.8. The summed E-state index contributed by atoms with van der Waals surface area (Å²) in [6, 6.07) is -2.66. The molecule has 4 amide bonds. The van der Waals surface area contributed by atoms with Crippen molar-refractivity contribution in [3.63, 3.8) is 0 Å². The van der Waals surface area contributed by atoms with Gasteiger partial charge in [-0.2, -0.15) is 0 Å². The highest BCUT2D eigenvalue weighted by Crippen LogP contribution is 2.11. The number of carbonyl (C=O) groups excluding carboxylic acids is 4. The maximum atomic E-state index is 12.9. The third-order valence-corrected chi connectivity index (χ3v) is 4.26. The zero-order valence-electron chi connectivity index (χ0n) is 19.6. The summed E-state index contributed by atoms with van der Waals surface area (Å²) in [4.78, 5) is 49.7. The third-order valence-electron chi connectivity index (χ3n) is 4.26. The smallest absolute Gasteiger partial charge is 0.408 e. The van der Waals surface area contributed by atoms with Crippen molar-refractivity contribution in [3.05, 3.63) is 0 Å². The molecule has 3 atom stereocenters. The molecule has 0 aliphatic rings. The van der Waals surface area contributed by atoms with Gasteiger partial charge in [-0.25, -0.2) is 10.6 Å². The fourth-order valence-corrected chi connectivity index (χ4v) is 2.62. The summed E-state index contributed by atoms with van der Waals surface area (Å²) in [5, 5.41) is 7.88. The molecule has 174 valence electrons. The first-order valence-corrected chi connectivity index (χ1v) is 10.2. The Bertz CT molecular complexity index is 613. The number of hydrogen-bond donors (Lipinski definition) is 5. The monoisotopic (exact) mass is 429 g/mol. The van der Waals surface area contributed by atoms with Gasteiger partial charge < -0.3 is 20.7 Å². The molecule has 0 rings (SSSR count). The van der Waals surface area contributed by atoms with E-state index >= 15 is 0 Å². The Morgan fingerprint density at radius 1 is 0.667 bits per heavy atom. The molecular weight excluding hydrogens is 390 g/mol. The molecule has 6 N–H and O–H groups in total. The molecule has 0 heterocycles. The molecule has 3 unspecified atom stereocenters. The molecule has 0 aliphatic carbocycles. The van der Waals surface area contributed by atoms with Crippen LogP contribution in [-0.4, -0.2) is 47.5 Å². The molecule has 10 heteroatoms. The fourth-order valence-electron chi connectivity index (χ4n) is 2.62. The molecule has 0 saturated heterocycles. The first-order valence-electron chi connectivity index (χ1n) is 10.2. The largest absolute Gasteiger partial charge is 0.444 e. The van der Waals surface area contributed by atoms with E-state index in [1.807, 2.05) is 5.43 Å². The lowest BCUT2D eigenvalue weighted by atomic mass is 9.98. The molecule has 0 saturated carbocycles. The molecule has 0 spiro atoms. The Labute approximate surface area is 179 Å². The summed E-state index contributed by atoms with van der Waals surface area (Å²) in [6.07, 6.45) is -0.721. The van der Waals surface area contributed by atoms with Crippen LogP contribution >= 0.6 is 0 Å². The van der Waals surface area contributed by atoms with Crippen LogP contribution in [0.4, 0.5) is 4.79 Å². The molecule has 0 aromatic carbocycles. The Morgan fingerprint density at radius 3 is 1.30 bits per heavy atom. The van der Waals surface area contributed by atoms with Crippen molar-refractivity contribution < 1.29 is 23.9 Å². The van der Waals surface area contributed by atoms with E-state index in [0.717, 1.165) is 0 Å². The van der Waals surface area contributed by atoms with E-state index in [-0.39, 0.29) is 17.8 Å². The second kappa shape index (κ2) is 11.7. The highest BCUT2D eigenvalue weighted by Gasteiger charge is 2.33. The van der Waals surface area contributed by atoms with E-state index in [2.05, 4.69) is 16.0 Å². The minimum absolute atomic E-state index is 0.210. The van der Waals surface area contributed by atoms with Crippen LogP contribution in [0, 0.1) is 17.8 Å². The van der Waals surface area contributed by atoms with Gasteiger partial charge in [0.2, 0.25) is 11.8 Å². The van der Waals surface area contributed by atoms with Gasteiger partial charge in [-0.1, -0.05) is 41.5 Å². The summed E-state index contributed by atoms with van der Waals surface area (Å²) >= 11 is 0. The summed E-state index contributed by atoms with van der Waals surface area (Å²) in [7, 11) is 0. The number of rotatable bonds is 9. The van der Waals surface area contributed by atoms with Crippen LogP contribution in [0.2, 0.25) is 0 Å². The molecule has 0 bridgehead atoms. The second-order valence-corrected chi connectivity index (χ2v) is 9.34. The summed E-state index contributed by atoms with van der Waals surface area (Å²) in [6.45, 7) is 15.8. The van der Waals surface area contributed by atoms with E-state index < -0.39 is 47.5 Å². The summed E-state index contributed by atoms with van der Waals surface area (Å²) < 4.78 is 5.22. The lowest BCUT2D eigenvalue weighted by Crippen LogP contribution is -2.60. The minimum Gasteiger partial charge on any atom is -0.444 e. The van der Waals surface area contributed by atoms with E-state index in [4.69, 9.17) is 10.6 Å². The minimum atomic E-state index is -0.911. The zero-order valence-corrected chi connectivity index (χ0v) is 19.6. The highest BCUT2D eigenvalue weighted by atomic mass is 16.6. The van der Waals surface area contributed by atoms with Crippen molar-refractivity contribution in [2.45, 2.75) is 86.0 Å².